The van der Waals surface area contributed by atoms with Crippen LogP contribution in [0, 0.1) is 5.82 Å². The van der Waals surface area contributed by atoms with Crippen LogP contribution >= 0.6 is 0 Å². The Bertz CT molecular complexity index is 646. The van der Waals surface area contributed by atoms with Gasteiger partial charge < -0.3 is 9.84 Å². The van der Waals surface area contributed by atoms with E-state index in [2.05, 4.69) is 10.00 Å². The molecule has 124 valence electrons. The van der Waals surface area contributed by atoms with Gasteiger partial charge in [0.05, 0.1) is 25.5 Å². The summed E-state index contributed by atoms with van der Waals surface area (Å²) in [7, 11) is 1.67. The van der Waals surface area contributed by atoms with Gasteiger partial charge in [-0.2, -0.15) is 5.10 Å². The molecule has 0 radical (unpaired) electrons. The number of aliphatic hydroxyl groups is 1. The van der Waals surface area contributed by atoms with Gasteiger partial charge in [-0.05, 0) is 24.1 Å². The third kappa shape index (κ3) is 3.96. The maximum Gasteiger partial charge on any atom is 0.123 e. The minimum absolute atomic E-state index is 0.0306. The fourth-order valence-corrected chi connectivity index (χ4v) is 3.14. The molecule has 23 heavy (non-hydrogen) atoms. The van der Waals surface area contributed by atoms with Crippen LogP contribution in [-0.2, 0) is 17.8 Å². The number of halogens is 1. The van der Waals surface area contributed by atoms with E-state index in [1.54, 1.807) is 19.2 Å². The highest BCUT2D eigenvalue weighted by molar-refractivity contribution is 5.22. The summed E-state index contributed by atoms with van der Waals surface area (Å²) in [6.45, 7) is 2.61. The van der Waals surface area contributed by atoms with Crippen molar-refractivity contribution >= 4 is 0 Å². The quantitative estimate of drug-likeness (QED) is 0.884. The van der Waals surface area contributed by atoms with Crippen LogP contribution in [0.15, 0.2) is 36.7 Å². The molecule has 2 atom stereocenters. The van der Waals surface area contributed by atoms with Crippen LogP contribution in [0.2, 0.25) is 0 Å². The number of ether oxygens (including phenoxy) is 1. The van der Waals surface area contributed by atoms with E-state index in [4.69, 9.17) is 4.74 Å². The van der Waals surface area contributed by atoms with Gasteiger partial charge in [-0.25, -0.2) is 4.39 Å². The first kappa shape index (κ1) is 16.1. The van der Waals surface area contributed by atoms with E-state index in [1.165, 1.54) is 6.07 Å². The molecular weight excluding hydrogens is 297 g/mol. The smallest absolute Gasteiger partial charge is 0.123 e. The summed E-state index contributed by atoms with van der Waals surface area (Å²) in [6.07, 6.45) is 4.07. The Balaban J connectivity index is 1.71. The Hall–Kier alpha value is -1.76. The Morgan fingerprint density at radius 3 is 3.09 bits per heavy atom. The zero-order valence-corrected chi connectivity index (χ0v) is 13.2. The number of methoxy groups -OCH3 is 1. The van der Waals surface area contributed by atoms with Gasteiger partial charge in [-0.15, -0.1) is 0 Å². The number of hydrogen-bond acceptors (Lipinski definition) is 4. The third-order valence-corrected chi connectivity index (χ3v) is 4.21. The maximum absolute atomic E-state index is 13.5. The zero-order chi connectivity index (χ0) is 16.2. The van der Waals surface area contributed by atoms with E-state index in [1.807, 2.05) is 23.1 Å². The van der Waals surface area contributed by atoms with E-state index in [-0.39, 0.29) is 18.0 Å². The molecule has 0 saturated carbocycles. The molecule has 2 heterocycles. The fourth-order valence-electron chi connectivity index (χ4n) is 3.14. The molecule has 0 bridgehead atoms. The van der Waals surface area contributed by atoms with Crippen molar-refractivity contribution in [3.05, 3.63) is 53.6 Å². The van der Waals surface area contributed by atoms with Gasteiger partial charge in [-0.1, -0.05) is 12.1 Å². The summed E-state index contributed by atoms with van der Waals surface area (Å²) >= 11 is 0. The topological polar surface area (TPSA) is 50.5 Å². The molecule has 1 N–H and O–H groups in total. The maximum atomic E-state index is 13.5. The average Bonchev–Trinajstić information content (AvgIpc) is 3.12. The zero-order valence-electron chi connectivity index (χ0n) is 13.2. The molecule has 1 aromatic carbocycles. The largest absolute Gasteiger partial charge is 0.392 e. The highest BCUT2D eigenvalue weighted by atomic mass is 19.1. The number of β-amino-alcohol motifs (C(OH)–C–C–N with tert-alkyl or cyclic N) is 1. The van der Waals surface area contributed by atoms with Crippen molar-refractivity contribution in [1.82, 2.24) is 14.7 Å². The first-order valence-corrected chi connectivity index (χ1v) is 7.83. The van der Waals surface area contributed by atoms with Crippen LogP contribution in [0.5, 0.6) is 0 Å². The molecule has 0 spiro atoms. The third-order valence-electron chi connectivity index (χ3n) is 4.21. The number of benzene rings is 1. The molecule has 1 aliphatic rings. The highest BCUT2D eigenvalue weighted by Gasteiger charge is 2.32. The SMILES string of the molecule is COCCn1cc(CN2C[C@H](O)C[C@H]2c2cccc(F)c2)cn1. The summed E-state index contributed by atoms with van der Waals surface area (Å²) in [5.41, 5.74) is 1.99. The van der Waals surface area contributed by atoms with E-state index in [9.17, 15) is 9.50 Å². The minimum atomic E-state index is -0.383. The number of aliphatic hydroxyl groups excluding tert-OH is 1. The van der Waals surface area contributed by atoms with Crippen molar-refractivity contribution in [2.45, 2.75) is 31.7 Å². The van der Waals surface area contributed by atoms with Crippen LogP contribution in [0.25, 0.3) is 0 Å². The first-order chi connectivity index (χ1) is 11.2. The predicted octanol–water partition coefficient (Wildman–Crippen LogP) is 1.98. The Kier molecular flexibility index (Phi) is 5.05. The number of aromatic nitrogens is 2. The van der Waals surface area contributed by atoms with E-state index in [0.29, 0.717) is 32.7 Å². The van der Waals surface area contributed by atoms with Crippen LogP contribution in [-0.4, -0.2) is 46.2 Å². The number of nitrogens with zero attached hydrogens (tertiary/aromatic N) is 3. The molecule has 1 aliphatic heterocycles. The van der Waals surface area contributed by atoms with Gasteiger partial charge in [0.25, 0.3) is 0 Å². The summed E-state index contributed by atoms with van der Waals surface area (Å²) < 4.78 is 20.4. The van der Waals surface area contributed by atoms with Gasteiger partial charge in [0.1, 0.15) is 5.82 Å². The summed E-state index contributed by atoms with van der Waals surface area (Å²) in [4.78, 5) is 2.18. The molecule has 1 fully saturated rings. The molecule has 0 unspecified atom stereocenters. The molecule has 0 aliphatic carbocycles. The molecule has 2 aromatic rings. The van der Waals surface area contributed by atoms with E-state index >= 15 is 0 Å². The van der Waals surface area contributed by atoms with Gasteiger partial charge in [0.15, 0.2) is 0 Å². The Labute approximate surface area is 135 Å². The standard InChI is InChI=1S/C17H22FN3O2/c1-23-6-5-21-11-13(9-19-21)10-20-12-16(22)8-17(20)14-3-2-4-15(18)7-14/h2-4,7,9,11,16-17,22H,5-6,8,10,12H2,1H3/t16-,17+/m1/s1. The number of rotatable bonds is 6. The Morgan fingerprint density at radius 2 is 2.30 bits per heavy atom. The van der Waals surface area contributed by atoms with Crippen molar-refractivity contribution < 1.29 is 14.2 Å². The molecule has 5 nitrogen and oxygen atoms in total. The molecule has 6 heteroatoms. The number of hydrogen-bond donors (Lipinski definition) is 1. The van der Waals surface area contributed by atoms with Gasteiger partial charge in [0, 0.05) is 38.0 Å². The van der Waals surface area contributed by atoms with Crippen molar-refractivity contribution in [3.8, 4) is 0 Å². The van der Waals surface area contributed by atoms with Crippen LogP contribution in [0.3, 0.4) is 0 Å². The minimum Gasteiger partial charge on any atom is -0.392 e. The van der Waals surface area contributed by atoms with Crippen molar-refractivity contribution in [2.75, 3.05) is 20.3 Å². The van der Waals surface area contributed by atoms with Gasteiger partial charge in [-0.3, -0.25) is 9.58 Å². The van der Waals surface area contributed by atoms with E-state index in [0.717, 1.165) is 11.1 Å². The number of likely N-dealkylation sites (tertiary alicyclic amines) is 1. The lowest BCUT2D eigenvalue weighted by atomic mass is 10.0. The highest BCUT2D eigenvalue weighted by Crippen LogP contribution is 2.33. The lowest BCUT2D eigenvalue weighted by molar-refractivity contribution is 0.172. The van der Waals surface area contributed by atoms with Crippen LogP contribution in [0.4, 0.5) is 4.39 Å². The summed E-state index contributed by atoms with van der Waals surface area (Å²) in [5, 5.41) is 14.3. The average molecular weight is 319 g/mol. The molecule has 1 saturated heterocycles. The Morgan fingerprint density at radius 1 is 1.43 bits per heavy atom. The van der Waals surface area contributed by atoms with Crippen LogP contribution in [0.1, 0.15) is 23.6 Å². The van der Waals surface area contributed by atoms with Crippen molar-refractivity contribution in [2.24, 2.45) is 0 Å². The second kappa shape index (κ2) is 7.21. The summed E-state index contributed by atoms with van der Waals surface area (Å²) in [6, 6.07) is 6.66. The van der Waals surface area contributed by atoms with Crippen molar-refractivity contribution in [3.63, 3.8) is 0 Å². The van der Waals surface area contributed by atoms with Crippen molar-refractivity contribution in [1.29, 1.82) is 0 Å². The van der Waals surface area contributed by atoms with Gasteiger partial charge >= 0.3 is 0 Å². The predicted molar refractivity (Wildman–Crippen MR) is 84.3 cm³/mol. The van der Waals surface area contributed by atoms with Crippen LogP contribution < -0.4 is 0 Å². The normalized spacial score (nSPS) is 21.9. The fraction of sp³-hybridized carbons (Fsp3) is 0.471. The van der Waals surface area contributed by atoms with Gasteiger partial charge in [0.2, 0.25) is 0 Å². The first-order valence-electron chi connectivity index (χ1n) is 7.83. The second-order valence-electron chi connectivity index (χ2n) is 5.99. The molecule has 1 aromatic heterocycles. The van der Waals surface area contributed by atoms with E-state index < -0.39 is 0 Å². The second-order valence-corrected chi connectivity index (χ2v) is 5.99. The lowest BCUT2D eigenvalue weighted by Gasteiger charge is -2.23. The lowest BCUT2D eigenvalue weighted by Crippen LogP contribution is -2.24. The molecule has 0 amide bonds. The molecular formula is C17H22FN3O2. The monoisotopic (exact) mass is 319 g/mol. The summed E-state index contributed by atoms with van der Waals surface area (Å²) in [5.74, 6) is -0.240. The molecule has 3 rings (SSSR count).